The van der Waals surface area contributed by atoms with Gasteiger partial charge in [-0.1, -0.05) is 24.6 Å². The van der Waals surface area contributed by atoms with Crippen LogP contribution < -0.4 is 5.32 Å². The molecule has 0 atom stereocenters. The topological polar surface area (TPSA) is 21.3 Å². The Bertz CT molecular complexity index is 485. The van der Waals surface area contributed by atoms with Crippen LogP contribution >= 0.6 is 11.6 Å². The van der Waals surface area contributed by atoms with Gasteiger partial charge in [0.05, 0.1) is 0 Å². The average Bonchev–Trinajstić information content (AvgIpc) is 2.44. The molecule has 0 amide bonds. The fourth-order valence-electron chi connectivity index (χ4n) is 4.30. The molecule has 3 rings (SSSR count). The van der Waals surface area contributed by atoms with Crippen molar-refractivity contribution in [1.29, 1.82) is 0 Å². The second-order valence-corrected chi connectivity index (χ2v) is 7.03. The van der Waals surface area contributed by atoms with Crippen LogP contribution in [0.15, 0.2) is 18.2 Å². The SMILES string of the molecule is CCNCC1(c2c(F)cccc2Cl)CC2(CCOCC2)C1. The molecule has 1 saturated heterocycles. The molecule has 1 aliphatic carbocycles. The minimum Gasteiger partial charge on any atom is -0.381 e. The first-order valence-electron chi connectivity index (χ1n) is 7.84. The molecule has 4 heteroatoms. The molecule has 1 saturated carbocycles. The average molecular weight is 312 g/mol. The lowest BCUT2D eigenvalue weighted by molar-refractivity contribution is -0.0744. The standard InChI is InChI=1S/C17H23ClFNO/c1-2-20-12-17(15-13(18)4-3-5-14(15)19)10-16(11-17)6-8-21-9-7-16/h3-5,20H,2,6-12H2,1H3. The van der Waals surface area contributed by atoms with Gasteiger partial charge in [0.15, 0.2) is 0 Å². The van der Waals surface area contributed by atoms with Gasteiger partial charge in [0.2, 0.25) is 0 Å². The quantitative estimate of drug-likeness (QED) is 0.910. The van der Waals surface area contributed by atoms with Crippen LogP contribution in [0.1, 0.15) is 38.2 Å². The highest BCUT2D eigenvalue weighted by molar-refractivity contribution is 6.31. The van der Waals surface area contributed by atoms with Crippen LogP contribution in [0.4, 0.5) is 4.39 Å². The third kappa shape index (κ3) is 2.71. The number of rotatable bonds is 4. The Labute approximate surface area is 131 Å². The van der Waals surface area contributed by atoms with Gasteiger partial charge in [0, 0.05) is 35.8 Å². The zero-order chi connectivity index (χ0) is 14.9. The van der Waals surface area contributed by atoms with Crippen LogP contribution in [-0.2, 0) is 10.2 Å². The Hall–Kier alpha value is -0.640. The van der Waals surface area contributed by atoms with Crippen LogP contribution in [0, 0.1) is 11.2 Å². The lowest BCUT2D eigenvalue weighted by Crippen LogP contribution is -2.57. The lowest BCUT2D eigenvalue weighted by Gasteiger charge is -2.58. The van der Waals surface area contributed by atoms with Crippen LogP contribution in [0.25, 0.3) is 0 Å². The number of likely N-dealkylation sites (N-methyl/N-ethyl adjacent to an activating group) is 1. The Kier molecular flexibility index (Phi) is 4.26. The maximum Gasteiger partial charge on any atom is 0.128 e. The van der Waals surface area contributed by atoms with E-state index in [0.29, 0.717) is 16.0 Å². The molecular weight excluding hydrogens is 289 g/mol. The third-order valence-corrected chi connectivity index (χ3v) is 5.50. The first-order chi connectivity index (χ1) is 10.1. The van der Waals surface area contributed by atoms with Crippen LogP contribution in [0.3, 0.4) is 0 Å². The van der Waals surface area contributed by atoms with Gasteiger partial charge in [-0.3, -0.25) is 0 Å². The molecular formula is C17H23ClFNO. The number of ether oxygens (including phenoxy) is 1. The second kappa shape index (κ2) is 5.86. The molecule has 1 heterocycles. The molecule has 2 aliphatic rings. The molecule has 21 heavy (non-hydrogen) atoms. The summed E-state index contributed by atoms with van der Waals surface area (Å²) in [6, 6.07) is 5.03. The monoisotopic (exact) mass is 311 g/mol. The van der Waals surface area contributed by atoms with Gasteiger partial charge in [0.25, 0.3) is 0 Å². The molecule has 0 radical (unpaired) electrons. The molecule has 1 aromatic carbocycles. The van der Waals surface area contributed by atoms with Gasteiger partial charge in [-0.25, -0.2) is 4.39 Å². The van der Waals surface area contributed by atoms with E-state index < -0.39 is 0 Å². The molecule has 1 aromatic rings. The van der Waals surface area contributed by atoms with Crippen molar-refractivity contribution in [2.75, 3.05) is 26.3 Å². The van der Waals surface area contributed by atoms with Crippen molar-refractivity contribution in [3.05, 3.63) is 34.6 Å². The number of halogens is 2. The van der Waals surface area contributed by atoms with E-state index in [2.05, 4.69) is 12.2 Å². The number of nitrogens with one attached hydrogen (secondary N) is 1. The fourth-order valence-corrected chi connectivity index (χ4v) is 4.66. The third-order valence-electron chi connectivity index (χ3n) is 5.19. The summed E-state index contributed by atoms with van der Waals surface area (Å²) in [5.74, 6) is -0.165. The van der Waals surface area contributed by atoms with Gasteiger partial charge >= 0.3 is 0 Å². The van der Waals surface area contributed by atoms with Gasteiger partial charge in [-0.05, 0) is 49.8 Å². The lowest BCUT2D eigenvalue weighted by atomic mass is 9.48. The molecule has 116 valence electrons. The fraction of sp³-hybridized carbons (Fsp3) is 0.647. The van der Waals surface area contributed by atoms with Gasteiger partial charge in [-0.15, -0.1) is 0 Å². The van der Waals surface area contributed by atoms with E-state index >= 15 is 0 Å². The predicted octanol–water partition coefficient (Wildman–Crippen LogP) is 3.92. The van der Waals surface area contributed by atoms with E-state index in [1.54, 1.807) is 6.07 Å². The van der Waals surface area contributed by atoms with E-state index in [-0.39, 0.29) is 11.2 Å². The van der Waals surface area contributed by atoms with Crippen LogP contribution in [0.2, 0.25) is 5.02 Å². The molecule has 1 N–H and O–H groups in total. The summed E-state index contributed by atoms with van der Waals surface area (Å²) in [5, 5.41) is 3.97. The molecule has 1 spiro atoms. The molecule has 0 bridgehead atoms. The molecule has 0 unspecified atom stereocenters. The Morgan fingerprint density at radius 1 is 1.29 bits per heavy atom. The summed E-state index contributed by atoms with van der Waals surface area (Å²) in [6.07, 6.45) is 4.20. The molecule has 2 nitrogen and oxygen atoms in total. The van der Waals surface area contributed by atoms with Crippen molar-refractivity contribution in [2.45, 2.75) is 38.0 Å². The predicted molar refractivity (Wildman–Crippen MR) is 83.4 cm³/mol. The van der Waals surface area contributed by atoms with Crippen molar-refractivity contribution in [3.63, 3.8) is 0 Å². The van der Waals surface area contributed by atoms with Crippen LogP contribution in [-0.4, -0.2) is 26.3 Å². The Morgan fingerprint density at radius 2 is 2.00 bits per heavy atom. The highest BCUT2D eigenvalue weighted by Crippen LogP contribution is 2.61. The van der Waals surface area contributed by atoms with Gasteiger partial charge in [0.1, 0.15) is 5.82 Å². The number of benzene rings is 1. The minimum absolute atomic E-state index is 0.157. The van der Waals surface area contributed by atoms with Gasteiger partial charge in [-0.2, -0.15) is 0 Å². The normalized spacial score (nSPS) is 23.0. The smallest absolute Gasteiger partial charge is 0.128 e. The Balaban J connectivity index is 1.89. The van der Waals surface area contributed by atoms with Crippen molar-refractivity contribution in [2.24, 2.45) is 5.41 Å². The van der Waals surface area contributed by atoms with Crippen molar-refractivity contribution < 1.29 is 9.13 Å². The summed E-state index contributed by atoms with van der Waals surface area (Å²) in [5.41, 5.74) is 0.888. The molecule has 1 aliphatic heterocycles. The first-order valence-corrected chi connectivity index (χ1v) is 8.22. The zero-order valence-electron chi connectivity index (χ0n) is 12.6. The number of hydrogen-bond donors (Lipinski definition) is 1. The van der Waals surface area contributed by atoms with E-state index in [0.717, 1.165) is 52.0 Å². The summed E-state index contributed by atoms with van der Waals surface area (Å²) < 4.78 is 19.9. The second-order valence-electron chi connectivity index (χ2n) is 6.62. The van der Waals surface area contributed by atoms with Gasteiger partial charge < -0.3 is 10.1 Å². The summed E-state index contributed by atoms with van der Waals surface area (Å²) >= 11 is 6.34. The maximum absolute atomic E-state index is 14.4. The van der Waals surface area contributed by atoms with Crippen molar-refractivity contribution >= 4 is 11.6 Å². The van der Waals surface area contributed by atoms with E-state index in [4.69, 9.17) is 16.3 Å². The summed E-state index contributed by atoms with van der Waals surface area (Å²) in [6.45, 7) is 5.45. The minimum atomic E-state index is -0.165. The van der Waals surface area contributed by atoms with E-state index in [9.17, 15) is 4.39 Å². The maximum atomic E-state index is 14.4. The Morgan fingerprint density at radius 3 is 2.62 bits per heavy atom. The van der Waals surface area contributed by atoms with Crippen molar-refractivity contribution in [1.82, 2.24) is 5.32 Å². The highest BCUT2D eigenvalue weighted by atomic mass is 35.5. The summed E-state index contributed by atoms with van der Waals surface area (Å²) in [4.78, 5) is 0. The van der Waals surface area contributed by atoms with E-state index in [1.807, 2.05) is 6.07 Å². The molecule has 0 aromatic heterocycles. The van der Waals surface area contributed by atoms with Crippen molar-refractivity contribution in [3.8, 4) is 0 Å². The van der Waals surface area contributed by atoms with Crippen LogP contribution in [0.5, 0.6) is 0 Å². The largest absolute Gasteiger partial charge is 0.381 e. The highest BCUT2D eigenvalue weighted by Gasteiger charge is 2.56. The molecule has 2 fully saturated rings. The van der Waals surface area contributed by atoms with E-state index in [1.165, 1.54) is 6.07 Å². The number of hydrogen-bond acceptors (Lipinski definition) is 2. The zero-order valence-corrected chi connectivity index (χ0v) is 13.3. The first kappa shape index (κ1) is 15.3. The summed E-state index contributed by atoms with van der Waals surface area (Å²) in [7, 11) is 0.